The summed E-state index contributed by atoms with van der Waals surface area (Å²) in [5.74, 6) is -0.0383. The first-order chi connectivity index (χ1) is 12.0. The minimum atomic E-state index is -0.495. The standard InChI is InChI=1S/C19H25N3O3/c1-13(2)17(23)21-10-8-15(9-11-21)22-18(24)16(20-19(22)25)12-14-6-4-3-5-7-14/h3-7,13,15-16H,8-12H2,1-2H3,(H,20,25). The Balaban J connectivity index is 1.61. The van der Waals surface area contributed by atoms with Gasteiger partial charge in [0.1, 0.15) is 6.04 Å². The molecular formula is C19H25N3O3. The number of piperidine rings is 1. The third-order valence-corrected chi connectivity index (χ3v) is 4.97. The maximum absolute atomic E-state index is 12.7. The Morgan fingerprint density at radius 3 is 2.40 bits per heavy atom. The Kier molecular flexibility index (Phi) is 5.06. The molecule has 1 aromatic carbocycles. The first-order valence-electron chi connectivity index (χ1n) is 8.93. The number of urea groups is 1. The van der Waals surface area contributed by atoms with E-state index in [0.29, 0.717) is 32.4 Å². The van der Waals surface area contributed by atoms with Gasteiger partial charge in [-0.2, -0.15) is 0 Å². The van der Waals surface area contributed by atoms with Crippen molar-refractivity contribution in [1.29, 1.82) is 0 Å². The van der Waals surface area contributed by atoms with Gasteiger partial charge in [0.05, 0.1) is 0 Å². The van der Waals surface area contributed by atoms with Crippen molar-refractivity contribution in [2.24, 2.45) is 5.92 Å². The van der Waals surface area contributed by atoms with Crippen molar-refractivity contribution in [2.75, 3.05) is 13.1 Å². The Hall–Kier alpha value is -2.37. The van der Waals surface area contributed by atoms with E-state index in [1.807, 2.05) is 49.1 Å². The minimum Gasteiger partial charge on any atom is -0.342 e. The number of hydrogen-bond donors (Lipinski definition) is 1. The third-order valence-electron chi connectivity index (χ3n) is 4.97. The van der Waals surface area contributed by atoms with Gasteiger partial charge in [-0.05, 0) is 18.4 Å². The van der Waals surface area contributed by atoms with Gasteiger partial charge in [-0.15, -0.1) is 0 Å². The Labute approximate surface area is 148 Å². The summed E-state index contributed by atoms with van der Waals surface area (Å²) in [5.41, 5.74) is 1.03. The van der Waals surface area contributed by atoms with E-state index in [1.54, 1.807) is 0 Å². The number of hydrogen-bond acceptors (Lipinski definition) is 3. The maximum atomic E-state index is 12.7. The molecule has 0 radical (unpaired) electrons. The number of rotatable bonds is 4. The molecule has 0 aromatic heterocycles. The Bertz CT molecular complexity index is 651. The van der Waals surface area contributed by atoms with Crippen LogP contribution in [0.15, 0.2) is 30.3 Å². The molecule has 2 heterocycles. The molecule has 4 amide bonds. The summed E-state index contributed by atoms with van der Waals surface area (Å²) < 4.78 is 0. The lowest BCUT2D eigenvalue weighted by Crippen LogP contribution is -2.49. The predicted octanol–water partition coefficient (Wildman–Crippen LogP) is 1.80. The van der Waals surface area contributed by atoms with Crippen LogP contribution in [-0.4, -0.2) is 52.8 Å². The summed E-state index contributed by atoms with van der Waals surface area (Å²) >= 11 is 0. The number of likely N-dealkylation sites (tertiary alicyclic amines) is 1. The molecule has 1 atom stereocenters. The Morgan fingerprint density at radius 2 is 1.80 bits per heavy atom. The van der Waals surface area contributed by atoms with Crippen molar-refractivity contribution in [2.45, 2.75) is 45.2 Å². The molecule has 2 aliphatic heterocycles. The third kappa shape index (κ3) is 3.67. The lowest BCUT2D eigenvalue weighted by molar-refractivity contribution is -0.136. The Morgan fingerprint density at radius 1 is 1.16 bits per heavy atom. The number of nitrogens with zero attached hydrogens (tertiary/aromatic N) is 2. The van der Waals surface area contributed by atoms with E-state index in [9.17, 15) is 14.4 Å². The minimum absolute atomic E-state index is 0.0245. The van der Waals surface area contributed by atoms with E-state index in [2.05, 4.69) is 5.32 Å². The summed E-state index contributed by atoms with van der Waals surface area (Å²) in [4.78, 5) is 40.3. The average Bonchev–Trinajstić information content (AvgIpc) is 2.89. The molecule has 1 unspecified atom stereocenters. The molecule has 0 aliphatic carbocycles. The highest BCUT2D eigenvalue weighted by molar-refractivity contribution is 6.04. The molecule has 0 bridgehead atoms. The average molecular weight is 343 g/mol. The van der Waals surface area contributed by atoms with Crippen LogP contribution < -0.4 is 5.32 Å². The molecule has 6 nitrogen and oxygen atoms in total. The van der Waals surface area contributed by atoms with Crippen molar-refractivity contribution in [3.8, 4) is 0 Å². The molecule has 1 N–H and O–H groups in total. The van der Waals surface area contributed by atoms with Gasteiger partial charge < -0.3 is 10.2 Å². The molecule has 25 heavy (non-hydrogen) atoms. The van der Waals surface area contributed by atoms with Crippen LogP contribution in [-0.2, 0) is 16.0 Å². The summed E-state index contributed by atoms with van der Waals surface area (Å²) in [7, 11) is 0. The number of carbonyl (C=O) groups excluding carboxylic acids is 3. The second-order valence-corrected chi connectivity index (χ2v) is 7.11. The van der Waals surface area contributed by atoms with Gasteiger partial charge in [-0.25, -0.2) is 4.79 Å². The van der Waals surface area contributed by atoms with Gasteiger partial charge in [-0.3, -0.25) is 14.5 Å². The van der Waals surface area contributed by atoms with E-state index in [1.165, 1.54) is 4.90 Å². The first kappa shape index (κ1) is 17.5. The van der Waals surface area contributed by atoms with Gasteiger partial charge in [0.15, 0.2) is 0 Å². The van der Waals surface area contributed by atoms with Crippen molar-refractivity contribution in [1.82, 2.24) is 15.1 Å². The van der Waals surface area contributed by atoms with Crippen LogP contribution in [0.2, 0.25) is 0 Å². The number of imide groups is 1. The molecule has 2 fully saturated rings. The van der Waals surface area contributed by atoms with Gasteiger partial charge in [0, 0.05) is 31.5 Å². The SMILES string of the molecule is CC(C)C(=O)N1CCC(N2C(=O)NC(Cc3ccccc3)C2=O)CC1. The van der Waals surface area contributed by atoms with E-state index in [0.717, 1.165) is 5.56 Å². The fraction of sp³-hybridized carbons (Fsp3) is 0.526. The predicted molar refractivity (Wildman–Crippen MR) is 93.8 cm³/mol. The second-order valence-electron chi connectivity index (χ2n) is 7.11. The summed E-state index contributed by atoms with van der Waals surface area (Å²) in [6, 6.07) is 8.77. The molecule has 0 saturated carbocycles. The van der Waals surface area contributed by atoms with Gasteiger partial charge in [0.25, 0.3) is 5.91 Å². The second kappa shape index (κ2) is 7.25. The van der Waals surface area contributed by atoms with Gasteiger partial charge >= 0.3 is 6.03 Å². The fourth-order valence-corrected chi connectivity index (χ4v) is 3.59. The normalized spacial score (nSPS) is 21.8. The molecule has 2 aliphatic rings. The van der Waals surface area contributed by atoms with Crippen molar-refractivity contribution in [3.63, 3.8) is 0 Å². The molecule has 134 valence electrons. The van der Waals surface area contributed by atoms with E-state index >= 15 is 0 Å². The molecule has 1 aromatic rings. The van der Waals surface area contributed by atoms with E-state index in [-0.39, 0.29) is 29.8 Å². The van der Waals surface area contributed by atoms with Crippen molar-refractivity contribution >= 4 is 17.8 Å². The van der Waals surface area contributed by atoms with Crippen LogP contribution in [0.4, 0.5) is 4.79 Å². The van der Waals surface area contributed by atoms with Crippen LogP contribution in [0, 0.1) is 5.92 Å². The summed E-state index contributed by atoms with van der Waals surface area (Å²) in [6.45, 7) is 4.98. The van der Waals surface area contributed by atoms with Crippen LogP contribution in [0.5, 0.6) is 0 Å². The molecule has 2 saturated heterocycles. The topological polar surface area (TPSA) is 69.7 Å². The van der Waals surface area contributed by atoms with Crippen LogP contribution >= 0.6 is 0 Å². The zero-order valence-corrected chi connectivity index (χ0v) is 14.8. The lowest BCUT2D eigenvalue weighted by atomic mass is 10.0. The highest BCUT2D eigenvalue weighted by Gasteiger charge is 2.43. The van der Waals surface area contributed by atoms with Gasteiger partial charge in [0.2, 0.25) is 5.91 Å². The summed E-state index contributed by atoms with van der Waals surface area (Å²) in [5, 5.41) is 2.81. The monoisotopic (exact) mass is 343 g/mol. The van der Waals surface area contributed by atoms with E-state index < -0.39 is 6.04 Å². The quantitative estimate of drug-likeness (QED) is 0.848. The molecule has 6 heteroatoms. The van der Waals surface area contributed by atoms with Crippen molar-refractivity contribution < 1.29 is 14.4 Å². The van der Waals surface area contributed by atoms with Crippen LogP contribution in [0.3, 0.4) is 0 Å². The highest BCUT2D eigenvalue weighted by atomic mass is 16.2. The highest BCUT2D eigenvalue weighted by Crippen LogP contribution is 2.23. The summed E-state index contributed by atoms with van der Waals surface area (Å²) in [6.07, 6.45) is 1.80. The number of carbonyl (C=O) groups is 3. The van der Waals surface area contributed by atoms with Crippen LogP contribution in [0.1, 0.15) is 32.3 Å². The molecular weight excluding hydrogens is 318 g/mol. The molecule has 0 spiro atoms. The lowest BCUT2D eigenvalue weighted by Gasteiger charge is -2.36. The smallest absolute Gasteiger partial charge is 0.325 e. The fourth-order valence-electron chi connectivity index (χ4n) is 3.59. The number of benzene rings is 1. The van der Waals surface area contributed by atoms with Gasteiger partial charge in [-0.1, -0.05) is 44.2 Å². The number of amides is 4. The maximum Gasteiger partial charge on any atom is 0.325 e. The van der Waals surface area contributed by atoms with Crippen LogP contribution in [0.25, 0.3) is 0 Å². The largest absolute Gasteiger partial charge is 0.342 e. The number of nitrogens with one attached hydrogen (secondary N) is 1. The zero-order valence-electron chi connectivity index (χ0n) is 14.8. The first-order valence-corrected chi connectivity index (χ1v) is 8.93. The van der Waals surface area contributed by atoms with Crippen molar-refractivity contribution in [3.05, 3.63) is 35.9 Å². The molecule has 3 rings (SSSR count). The zero-order chi connectivity index (χ0) is 18.0. The van der Waals surface area contributed by atoms with E-state index in [4.69, 9.17) is 0 Å².